The van der Waals surface area contributed by atoms with Crippen LogP contribution in [0.15, 0.2) is 48.9 Å². The van der Waals surface area contributed by atoms with E-state index in [2.05, 4.69) is 53.3 Å². The van der Waals surface area contributed by atoms with Crippen molar-refractivity contribution in [3.63, 3.8) is 0 Å². The van der Waals surface area contributed by atoms with Crippen molar-refractivity contribution >= 4 is 39.6 Å². The third kappa shape index (κ3) is 5.59. The minimum absolute atomic E-state index is 0.0413. The molecule has 0 aromatic carbocycles. The van der Waals surface area contributed by atoms with Crippen LogP contribution in [0.3, 0.4) is 0 Å². The number of nitrogens with zero attached hydrogens (tertiary/aromatic N) is 5. The highest BCUT2D eigenvalue weighted by Crippen LogP contribution is 2.26. The van der Waals surface area contributed by atoms with Gasteiger partial charge in [-0.3, -0.25) is 4.98 Å². The Bertz CT molecular complexity index is 1290. The van der Waals surface area contributed by atoms with E-state index in [4.69, 9.17) is 4.74 Å². The largest absolute Gasteiger partial charge is 0.481 e. The number of aliphatic hydroxyl groups is 1. The van der Waals surface area contributed by atoms with E-state index in [-0.39, 0.29) is 9.61 Å². The lowest BCUT2D eigenvalue weighted by atomic mass is 10.1. The van der Waals surface area contributed by atoms with Crippen molar-refractivity contribution in [3.05, 3.63) is 60.3 Å². The molecule has 0 amide bonds. The number of ether oxygens (including phenoxy) is 1. The average molecular weight is 577 g/mol. The second-order valence-electron chi connectivity index (χ2n) is 8.26. The minimum atomic E-state index is -0.783. The third-order valence-corrected chi connectivity index (χ3v) is 7.09. The first-order valence-electron chi connectivity index (χ1n) is 10.6. The molecule has 0 bridgehead atoms. The standard InChI is InChI=1S/C23H25FIN7O2/c1-23(2,33)19(25)12-27-10-14-9-18-22(29-16-7-8-26-11-15(16)24)30-21(31-32(18)13-14)17-5-4-6-20(28-17)34-3/h4-9,11,13,19,27,33H,10,12H2,1-3H3,(H,26,29,30,31)/t19-/m1/s1. The maximum Gasteiger partial charge on any atom is 0.213 e. The van der Waals surface area contributed by atoms with Crippen LogP contribution in [0.2, 0.25) is 0 Å². The van der Waals surface area contributed by atoms with Crippen LogP contribution < -0.4 is 15.4 Å². The molecule has 178 valence electrons. The number of halogens is 2. The number of aromatic nitrogens is 5. The number of hydrogen-bond donors (Lipinski definition) is 3. The lowest BCUT2D eigenvalue weighted by Crippen LogP contribution is -2.38. The van der Waals surface area contributed by atoms with Gasteiger partial charge >= 0.3 is 0 Å². The summed E-state index contributed by atoms with van der Waals surface area (Å²) in [5.74, 6) is 0.726. The fourth-order valence-electron chi connectivity index (χ4n) is 3.20. The number of nitrogens with one attached hydrogen (secondary N) is 2. The molecular weight excluding hydrogens is 552 g/mol. The molecule has 4 aromatic rings. The van der Waals surface area contributed by atoms with Gasteiger partial charge in [-0.25, -0.2) is 18.9 Å². The first-order valence-corrected chi connectivity index (χ1v) is 11.8. The molecule has 11 heteroatoms. The van der Waals surface area contributed by atoms with Crippen molar-refractivity contribution in [2.75, 3.05) is 19.0 Å². The summed E-state index contributed by atoms with van der Waals surface area (Å²) >= 11 is 2.23. The average Bonchev–Trinajstić information content (AvgIpc) is 3.23. The molecule has 0 aliphatic rings. The molecule has 34 heavy (non-hydrogen) atoms. The van der Waals surface area contributed by atoms with Crippen molar-refractivity contribution in [2.45, 2.75) is 29.9 Å². The van der Waals surface area contributed by atoms with Gasteiger partial charge < -0.3 is 20.5 Å². The molecule has 4 aromatic heterocycles. The van der Waals surface area contributed by atoms with Crippen LogP contribution in [0, 0.1) is 5.82 Å². The van der Waals surface area contributed by atoms with Gasteiger partial charge in [0, 0.05) is 31.5 Å². The van der Waals surface area contributed by atoms with Crippen LogP contribution in [0.5, 0.6) is 5.88 Å². The fourth-order valence-corrected chi connectivity index (χ4v) is 3.51. The van der Waals surface area contributed by atoms with E-state index in [0.717, 1.165) is 11.8 Å². The van der Waals surface area contributed by atoms with Gasteiger partial charge in [0.15, 0.2) is 11.6 Å². The Hall–Kier alpha value is -2.90. The number of rotatable bonds is 9. The normalized spacial score (nSPS) is 12.6. The third-order valence-electron chi connectivity index (χ3n) is 5.13. The van der Waals surface area contributed by atoms with E-state index in [9.17, 15) is 9.50 Å². The van der Waals surface area contributed by atoms with Crippen molar-refractivity contribution in [1.82, 2.24) is 29.9 Å². The molecule has 0 aliphatic heterocycles. The van der Waals surface area contributed by atoms with Crippen molar-refractivity contribution in [3.8, 4) is 17.4 Å². The summed E-state index contributed by atoms with van der Waals surface area (Å²) in [6, 6.07) is 8.80. The molecule has 0 aliphatic carbocycles. The van der Waals surface area contributed by atoms with Gasteiger partial charge in [-0.05, 0) is 37.6 Å². The Labute approximate surface area is 210 Å². The van der Waals surface area contributed by atoms with Gasteiger partial charge in [0.25, 0.3) is 0 Å². The molecule has 4 heterocycles. The summed E-state index contributed by atoms with van der Waals surface area (Å²) < 4.78 is 21.3. The van der Waals surface area contributed by atoms with Crippen LogP contribution in [0.1, 0.15) is 19.4 Å². The first kappa shape index (κ1) is 24.2. The van der Waals surface area contributed by atoms with Crippen LogP contribution in [0.25, 0.3) is 17.0 Å². The zero-order chi connectivity index (χ0) is 24.3. The van der Waals surface area contributed by atoms with Gasteiger partial charge in [-0.1, -0.05) is 28.7 Å². The topological polar surface area (TPSA) is 109 Å². The molecule has 4 rings (SSSR count). The maximum absolute atomic E-state index is 14.3. The van der Waals surface area contributed by atoms with Crippen LogP contribution in [-0.4, -0.2) is 52.9 Å². The second-order valence-corrected chi connectivity index (χ2v) is 9.76. The molecule has 3 N–H and O–H groups in total. The Balaban J connectivity index is 1.69. The monoisotopic (exact) mass is 577 g/mol. The van der Waals surface area contributed by atoms with E-state index < -0.39 is 11.4 Å². The van der Waals surface area contributed by atoms with Crippen molar-refractivity contribution < 1.29 is 14.2 Å². The highest BCUT2D eigenvalue weighted by molar-refractivity contribution is 14.1. The second kappa shape index (κ2) is 10.2. The van der Waals surface area contributed by atoms with Gasteiger partial charge in [-0.2, -0.15) is 0 Å². The first-order chi connectivity index (χ1) is 16.2. The SMILES string of the molecule is COc1cccc(-c2nc(Nc3ccncc3F)c3cc(CNC[C@@H](I)C(C)(C)O)cn3n2)n1. The number of fused-ring (bicyclic) bond motifs is 1. The molecule has 1 atom stereocenters. The Morgan fingerprint density at radius 3 is 2.82 bits per heavy atom. The van der Waals surface area contributed by atoms with Gasteiger partial charge in [0.05, 0.1) is 28.5 Å². The summed E-state index contributed by atoms with van der Waals surface area (Å²) in [6.45, 7) is 4.78. The van der Waals surface area contributed by atoms with E-state index >= 15 is 0 Å². The van der Waals surface area contributed by atoms with E-state index in [1.54, 1.807) is 49.7 Å². The van der Waals surface area contributed by atoms with Gasteiger partial charge in [0.1, 0.15) is 11.2 Å². The Morgan fingerprint density at radius 2 is 2.09 bits per heavy atom. The lowest BCUT2D eigenvalue weighted by molar-refractivity contribution is 0.0821. The number of pyridine rings is 2. The minimum Gasteiger partial charge on any atom is -0.481 e. The fraction of sp³-hybridized carbons (Fsp3) is 0.304. The predicted molar refractivity (Wildman–Crippen MR) is 136 cm³/mol. The summed E-state index contributed by atoms with van der Waals surface area (Å²) in [5, 5.41) is 21.2. The number of alkyl halides is 1. The summed E-state index contributed by atoms with van der Waals surface area (Å²) in [4.78, 5) is 12.9. The molecule has 0 radical (unpaired) electrons. The zero-order valence-corrected chi connectivity index (χ0v) is 21.1. The molecule has 0 spiro atoms. The van der Waals surface area contributed by atoms with Crippen LogP contribution in [-0.2, 0) is 6.54 Å². The Kier molecular flexibility index (Phi) is 7.24. The number of methoxy groups -OCH3 is 1. The molecule has 0 saturated carbocycles. The van der Waals surface area contributed by atoms with Crippen LogP contribution in [0.4, 0.5) is 15.9 Å². The number of anilines is 2. The Morgan fingerprint density at radius 1 is 1.26 bits per heavy atom. The van der Waals surface area contributed by atoms with E-state index in [1.807, 2.05) is 12.3 Å². The molecule has 0 saturated heterocycles. The van der Waals surface area contributed by atoms with Crippen molar-refractivity contribution in [1.29, 1.82) is 0 Å². The molecule has 0 fully saturated rings. The molecular formula is C23H25FIN7O2. The van der Waals surface area contributed by atoms with E-state index in [1.165, 1.54) is 6.20 Å². The highest BCUT2D eigenvalue weighted by Gasteiger charge is 2.23. The maximum atomic E-state index is 14.3. The molecule has 9 nitrogen and oxygen atoms in total. The molecule has 0 unspecified atom stereocenters. The quantitative estimate of drug-likeness (QED) is 0.204. The summed E-state index contributed by atoms with van der Waals surface area (Å²) in [7, 11) is 1.54. The van der Waals surface area contributed by atoms with Crippen molar-refractivity contribution in [2.24, 2.45) is 0 Å². The zero-order valence-electron chi connectivity index (χ0n) is 19.0. The summed E-state index contributed by atoms with van der Waals surface area (Å²) in [6.07, 6.45) is 4.53. The summed E-state index contributed by atoms with van der Waals surface area (Å²) in [5.41, 5.74) is 1.62. The lowest BCUT2D eigenvalue weighted by Gasteiger charge is -2.24. The van der Waals surface area contributed by atoms with Crippen LogP contribution >= 0.6 is 22.6 Å². The number of hydrogen-bond acceptors (Lipinski definition) is 8. The van der Waals surface area contributed by atoms with Gasteiger partial charge in [0.2, 0.25) is 11.7 Å². The smallest absolute Gasteiger partial charge is 0.213 e. The highest BCUT2D eigenvalue weighted by atomic mass is 127. The van der Waals surface area contributed by atoms with Gasteiger partial charge in [-0.15, -0.1) is 5.10 Å². The van der Waals surface area contributed by atoms with E-state index in [0.29, 0.717) is 41.8 Å². The predicted octanol–water partition coefficient (Wildman–Crippen LogP) is 3.74.